The normalized spacial score (nSPS) is 11.6. The Morgan fingerprint density at radius 1 is 1.61 bits per heavy atom. The molecular formula is C11H15N3O4. The predicted molar refractivity (Wildman–Crippen MR) is 65.9 cm³/mol. The summed E-state index contributed by atoms with van der Waals surface area (Å²) in [6, 6.07) is 3.96. The van der Waals surface area contributed by atoms with Crippen LogP contribution in [0.4, 0.5) is 5.69 Å². The third kappa shape index (κ3) is 3.34. The van der Waals surface area contributed by atoms with Crippen molar-refractivity contribution in [2.75, 3.05) is 6.61 Å². The molecule has 0 fully saturated rings. The Kier molecular flexibility index (Phi) is 4.47. The molecule has 0 spiro atoms. The molecule has 0 unspecified atom stereocenters. The summed E-state index contributed by atoms with van der Waals surface area (Å²) in [5.74, 6) is 0.419. The maximum absolute atomic E-state index is 10.7. The zero-order valence-corrected chi connectivity index (χ0v) is 10.2. The molecule has 18 heavy (non-hydrogen) atoms. The zero-order chi connectivity index (χ0) is 13.7. The van der Waals surface area contributed by atoms with Crippen molar-refractivity contribution in [1.82, 2.24) is 0 Å². The highest BCUT2D eigenvalue weighted by molar-refractivity contribution is 6.00. The standard InChI is InChI=1S/C11H15N3O4/c1-7(2)6-18-10-4-3-8(14(16)17)5-9(10)11(12)13-15/h3-5,7,15H,6H2,1-2H3,(H2,12,13). The second-order valence-corrected chi connectivity index (χ2v) is 4.13. The Balaban J connectivity index is 3.13. The summed E-state index contributed by atoms with van der Waals surface area (Å²) < 4.78 is 5.46. The molecule has 0 saturated heterocycles. The molecule has 0 radical (unpaired) electrons. The summed E-state index contributed by atoms with van der Waals surface area (Å²) in [6.45, 7) is 4.37. The highest BCUT2D eigenvalue weighted by Crippen LogP contribution is 2.24. The molecule has 0 bridgehead atoms. The first kappa shape index (κ1) is 13.8. The second kappa shape index (κ2) is 5.85. The number of non-ortho nitro benzene ring substituents is 1. The minimum atomic E-state index is -0.555. The van der Waals surface area contributed by atoms with Crippen LogP contribution in [-0.4, -0.2) is 22.6 Å². The molecular weight excluding hydrogens is 238 g/mol. The van der Waals surface area contributed by atoms with Gasteiger partial charge in [0.2, 0.25) is 0 Å². The van der Waals surface area contributed by atoms with Gasteiger partial charge in [-0.05, 0) is 12.0 Å². The SMILES string of the molecule is CC(C)COc1ccc([N+](=O)[O-])cc1/C(N)=N/O. The number of hydrogen-bond acceptors (Lipinski definition) is 5. The van der Waals surface area contributed by atoms with Crippen LogP contribution in [0.1, 0.15) is 19.4 Å². The quantitative estimate of drug-likeness (QED) is 0.273. The molecule has 0 atom stereocenters. The van der Waals surface area contributed by atoms with Crippen LogP contribution < -0.4 is 10.5 Å². The molecule has 0 aromatic heterocycles. The lowest BCUT2D eigenvalue weighted by Gasteiger charge is -2.12. The van der Waals surface area contributed by atoms with Crippen LogP contribution in [0.15, 0.2) is 23.4 Å². The average molecular weight is 253 g/mol. The van der Waals surface area contributed by atoms with E-state index >= 15 is 0 Å². The van der Waals surface area contributed by atoms with Gasteiger partial charge in [0.1, 0.15) is 5.75 Å². The summed E-state index contributed by atoms with van der Waals surface area (Å²) in [5.41, 5.74) is 5.52. The lowest BCUT2D eigenvalue weighted by atomic mass is 10.1. The third-order valence-corrected chi connectivity index (χ3v) is 2.13. The van der Waals surface area contributed by atoms with Crippen molar-refractivity contribution in [3.8, 4) is 5.75 Å². The van der Waals surface area contributed by atoms with Crippen LogP contribution in [0.25, 0.3) is 0 Å². The molecule has 7 heteroatoms. The van der Waals surface area contributed by atoms with Crippen molar-refractivity contribution >= 4 is 11.5 Å². The van der Waals surface area contributed by atoms with Crippen LogP contribution in [0.3, 0.4) is 0 Å². The summed E-state index contributed by atoms with van der Waals surface area (Å²) in [5, 5.41) is 22.2. The Morgan fingerprint density at radius 2 is 2.28 bits per heavy atom. The number of benzene rings is 1. The van der Waals surface area contributed by atoms with Crippen LogP contribution in [0.5, 0.6) is 5.75 Å². The van der Waals surface area contributed by atoms with E-state index in [1.54, 1.807) is 0 Å². The lowest BCUT2D eigenvalue weighted by molar-refractivity contribution is -0.384. The Morgan fingerprint density at radius 3 is 2.78 bits per heavy atom. The van der Waals surface area contributed by atoms with Gasteiger partial charge < -0.3 is 15.7 Å². The largest absolute Gasteiger partial charge is 0.493 e. The van der Waals surface area contributed by atoms with E-state index in [4.69, 9.17) is 15.7 Å². The Bertz CT molecular complexity index is 471. The van der Waals surface area contributed by atoms with E-state index in [1.807, 2.05) is 13.8 Å². The molecule has 3 N–H and O–H groups in total. The number of nitrogens with zero attached hydrogens (tertiary/aromatic N) is 2. The van der Waals surface area contributed by atoms with E-state index < -0.39 is 4.92 Å². The molecule has 0 aliphatic rings. The van der Waals surface area contributed by atoms with Gasteiger partial charge in [0, 0.05) is 12.1 Å². The number of rotatable bonds is 5. The van der Waals surface area contributed by atoms with Crippen LogP contribution in [0, 0.1) is 16.0 Å². The fraction of sp³-hybridized carbons (Fsp3) is 0.364. The molecule has 1 aromatic rings. The fourth-order valence-corrected chi connectivity index (χ4v) is 1.27. The minimum absolute atomic E-state index is 0.145. The molecule has 98 valence electrons. The number of nitro benzene ring substituents is 1. The first-order chi connectivity index (χ1) is 8.45. The third-order valence-electron chi connectivity index (χ3n) is 2.13. The van der Waals surface area contributed by atoms with Crippen molar-refractivity contribution in [3.63, 3.8) is 0 Å². The fourth-order valence-electron chi connectivity index (χ4n) is 1.27. The predicted octanol–water partition coefficient (Wildman–Crippen LogP) is 1.72. The van der Waals surface area contributed by atoms with Crippen molar-refractivity contribution in [3.05, 3.63) is 33.9 Å². The van der Waals surface area contributed by atoms with Gasteiger partial charge in [-0.25, -0.2) is 0 Å². The monoisotopic (exact) mass is 253 g/mol. The molecule has 0 heterocycles. The summed E-state index contributed by atoms with van der Waals surface area (Å²) in [4.78, 5) is 10.1. The number of nitrogens with two attached hydrogens (primary N) is 1. The number of ether oxygens (including phenoxy) is 1. The molecule has 7 nitrogen and oxygen atoms in total. The van der Waals surface area contributed by atoms with Crippen molar-refractivity contribution in [2.45, 2.75) is 13.8 Å². The van der Waals surface area contributed by atoms with Crippen molar-refractivity contribution in [2.24, 2.45) is 16.8 Å². The van der Waals surface area contributed by atoms with E-state index in [-0.39, 0.29) is 17.1 Å². The smallest absolute Gasteiger partial charge is 0.270 e. The zero-order valence-electron chi connectivity index (χ0n) is 10.2. The maximum Gasteiger partial charge on any atom is 0.270 e. The van der Waals surface area contributed by atoms with Gasteiger partial charge in [-0.3, -0.25) is 10.1 Å². The average Bonchev–Trinajstić information content (AvgIpc) is 2.34. The van der Waals surface area contributed by atoms with E-state index in [9.17, 15) is 10.1 Å². The first-order valence-corrected chi connectivity index (χ1v) is 5.34. The molecule has 1 rings (SSSR count). The van der Waals surface area contributed by atoms with Crippen molar-refractivity contribution in [1.29, 1.82) is 0 Å². The second-order valence-electron chi connectivity index (χ2n) is 4.13. The summed E-state index contributed by atoms with van der Waals surface area (Å²) in [7, 11) is 0. The van der Waals surface area contributed by atoms with Crippen molar-refractivity contribution < 1.29 is 14.9 Å². The topological polar surface area (TPSA) is 111 Å². The lowest BCUT2D eigenvalue weighted by Crippen LogP contribution is -2.16. The van der Waals surface area contributed by atoms with Crippen LogP contribution in [0.2, 0.25) is 0 Å². The van der Waals surface area contributed by atoms with Crippen LogP contribution >= 0.6 is 0 Å². The Labute approximate surface area is 104 Å². The molecule has 0 saturated carbocycles. The number of amidine groups is 1. The van der Waals surface area contributed by atoms with Gasteiger partial charge in [-0.15, -0.1) is 0 Å². The van der Waals surface area contributed by atoms with Gasteiger partial charge in [-0.2, -0.15) is 0 Å². The van der Waals surface area contributed by atoms with Gasteiger partial charge in [0.15, 0.2) is 5.84 Å². The van der Waals surface area contributed by atoms with E-state index in [0.717, 1.165) is 0 Å². The molecule has 0 aliphatic heterocycles. The van der Waals surface area contributed by atoms with E-state index in [0.29, 0.717) is 18.3 Å². The number of oxime groups is 1. The number of hydrogen-bond donors (Lipinski definition) is 2. The Hall–Kier alpha value is -2.31. The molecule has 1 aromatic carbocycles. The van der Waals surface area contributed by atoms with E-state index in [1.165, 1.54) is 18.2 Å². The van der Waals surface area contributed by atoms with Gasteiger partial charge in [0.05, 0.1) is 17.1 Å². The molecule has 0 amide bonds. The van der Waals surface area contributed by atoms with Gasteiger partial charge in [0.25, 0.3) is 5.69 Å². The summed E-state index contributed by atoms with van der Waals surface area (Å²) >= 11 is 0. The van der Waals surface area contributed by atoms with E-state index in [2.05, 4.69) is 5.16 Å². The maximum atomic E-state index is 10.7. The minimum Gasteiger partial charge on any atom is -0.493 e. The van der Waals surface area contributed by atoms with Gasteiger partial charge in [-0.1, -0.05) is 19.0 Å². The van der Waals surface area contributed by atoms with Gasteiger partial charge >= 0.3 is 0 Å². The first-order valence-electron chi connectivity index (χ1n) is 5.34. The highest BCUT2D eigenvalue weighted by atomic mass is 16.6. The summed E-state index contributed by atoms with van der Waals surface area (Å²) in [6.07, 6.45) is 0. The highest BCUT2D eigenvalue weighted by Gasteiger charge is 2.15. The van der Waals surface area contributed by atoms with Crippen LogP contribution in [-0.2, 0) is 0 Å². The molecule has 0 aliphatic carbocycles. The number of nitro groups is 1.